The van der Waals surface area contributed by atoms with Gasteiger partial charge in [-0.1, -0.05) is 31.5 Å². The van der Waals surface area contributed by atoms with Crippen LogP contribution in [0.5, 0.6) is 0 Å². The van der Waals surface area contributed by atoms with Crippen LogP contribution >= 0.6 is 0 Å². The monoisotopic (exact) mass is 266 g/mol. The quantitative estimate of drug-likeness (QED) is 0.799. The van der Waals surface area contributed by atoms with E-state index in [0.717, 1.165) is 12.8 Å². The van der Waals surface area contributed by atoms with E-state index in [4.69, 9.17) is 14.6 Å². The smallest absolute Gasteiger partial charge is 0.465 e. The molecular formula is C14H18O5. The number of rotatable bonds is 6. The Bertz CT molecular complexity index is 441. The van der Waals surface area contributed by atoms with Gasteiger partial charge in [-0.15, -0.1) is 0 Å². The van der Waals surface area contributed by atoms with Crippen molar-refractivity contribution in [2.75, 3.05) is 7.11 Å². The number of carbonyl (C=O) groups excluding carboxylic acids is 1. The van der Waals surface area contributed by atoms with Crippen molar-refractivity contribution in [3.8, 4) is 0 Å². The summed E-state index contributed by atoms with van der Waals surface area (Å²) in [5, 5.41) is 8.79. The third kappa shape index (κ3) is 4.28. The number of unbranched alkanes of at least 4 members (excludes halogenated alkanes) is 1. The molecule has 0 aliphatic heterocycles. The molecule has 5 heteroatoms. The van der Waals surface area contributed by atoms with Crippen molar-refractivity contribution in [3.05, 3.63) is 35.4 Å². The summed E-state index contributed by atoms with van der Waals surface area (Å²) < 4.78 is 9.58. The predicted molar refractivity (Wildman–Crippen MR) is 69.2 cm³/mol. The average molecular weight is 266 g/mol. The fourth-order valence-corrected chi connectivity index (χ4v) is 1.86. The molecule has 0 heterocycles. The Kier molecular flexibility index (Phi) is 5.85. The minimum atomic E-state index is -1.35. The van der Waals surface area contributed by atoms with E-state index in [1.165, 1.54) is 7.11 Å². The molecule has 0 spiro atoms. The molecule has 104 valence electrons. The molecule has 0 amide bonds. The van der Waals surface area contributed by atoms with E-state index in [1.54, 1.807) is 24.3 Å². The van der Waals surface area contributed by atoms with Gasteiger partial charge < -0.3 is 14.6 Å². The van der Waals surface area contributed by atoms with Crippen LogP contribution in [0.25, 0.3) is 0 Å². The van der Waals surface area contributed by atoms with Crippen molar-refractivity contribution in [2.24, 2.45) is 0 Å². The Balaban J connectivity index is 3.06. The third-order valence-electron chi connectivity index (χ3n) is 2.78. The van der Waals surface area contributed by atoms with Gasteiger partial charge in [-0.05, 0) is 18.9 Å². The highest BCUT2D eigenvalue weighted by molar-refractivity contribution is 5.91. The van der Waals surface area contributed by atoms with Crippen molar-refractivity contribution < 1.29 is 24.2 Å². The lowest BCUT2D eigenvalue weighted by atomic mass is 9.98. The maximum Gasteiger partial charge on any atom is 0.506 e. The van der Waals surface area contributed by atoms with Gasteiger partial charge in [0, 0.05) is 5.56 Å². The first-order valence-electron chi connectivity index (χ1n) is 6.17. The normalized spacial score (nSPS) is 11.7. The maximum absolute atomic E-state index is 11.7. The standard InChI is InChI=1S/C14H18O5/c1-3-4-9-12(19-14(16)17)10-7-5-6-8-11(10)13(15)18-2/h5-8,12H,3-4,9H2,1-2H3,(H,16,17). The molecule has 0 aliphatic rings. The van der Waals surface area contributed by atoms with Crippen LogP contribution in [0.2, 0.25) is 0 Å². The summed E-state index contributed by atoms with van der Waals surface area (Å²) in [5.41, 5.74) is 0.887. The van der Waals surface area contributed by atoms with Gasteiger partial charge >= 0.3 is 12.1 Å². The second kappa shape index (κ2) is 7.41. The summed E-state index contributed by atoms with van der Waals surface area (Å²) >= 11 is 0. The van der Waals surface area contributed by atoms with Gasteiger partial charge in [-0.25, -0.2) is 9.59 Å². The topological polar surface area (TPSA) is 72.8 Å². The molecule has 1 atom stereocenters. The molecule has 0 saturated carbocycles. The van der Waals surface area contributed by atoms with Gasteiger partial charge in [0.15, 0.2) is 0 Å². The van der Waals surface area contributed by atoms with Gasteiger partial charge in [0.05, 0.1) is 12.7 Å². The fourth-order valence-electron chi connectivity index (χ4n) is 1.86. The van der Waals surface area contributed by atoms with E-state index in [2.05, 4.69) is 0 Å². The molecule has 5 nitrogen and oxygen atoms in total. The van der Waals surface area contributed by atoms with E-state index >= 15 is 0 Å². The van der Waals surface area contributed by atoms with Crippen molar-refractivity contribution in [1.29, 1.82) is 0 Å². The van der Waals surface area contributed by atoms with Gasteiger partial charge in [0.2, 0.25) is 0 Å². The maximum atomic E-state index is 11.7. The number of methoxy groups -OCH3 is 1. The van der Waals surface area contributed by atoms with Gasteiger partial charge in [0.1, 0.15) is 6.10 Å². The second-order valence-electron chi connectivity index (χ2n) is 4.09. The zero-order chi connectivity index (χ0) is 14.3. The number of benzene rings is 1. The van der Waals surface area contributed by atoms with Crippen LogP contribution < -0.4 is 0 Å². The Morgan fingerprint density at radius 1 is 1.32 bits per heavy atom. The highest BCUT2D eigenvalue weighted by atomic mass is 16.7. The molecular weight excluding hydrogens is 248 g/mol. The Hall–Kier alpha value is -2.04. The van der Waals surface area contributed by atoms with Crippen LogP contribution in [0, 0.1) is 0 Å². The number of ether oxygens (including phenoxy) is 2. The second-order valence-corrected chi connectivity index (χ2v) is 4.09. The Morgan fingerprint density at radius 2 is 2.00 bits per heavy atom. The first kappa shape index (κ1) is 15.0. The average Bonchev–Trinajstić information content (AvgIpc) is 2.42. The molecule has 1 aromatic carbocycles. The third-order valence-corrected chi connectivity index (χ3v) is 2.78. The van der Waals surface area contributed by atoms with Crippen molar-refractivity contribution in [3.63, 3.8) is 0 Å². The van der Waals surface area contributed by atoms with E-state index < -0.39 is 18.2 Å². The van der Waals surface area contributed by atoms with E-state index in [1.807, 2.05) is 6.92 Å². The van der Waals surface area contributed by atoms with Crippen LogP contribution in [-0.4, -0.2) is 24.3 Å². The number of hydrogen-bond donors (Lipinski definition) is 1. The first-order chi connectivity index (χ1) is 9.10. The number of hydrogen-bond acceptors (Lipinski definition) is 4. The molecule has 19 heavy (non-hydrogen) atoms. The summed E-state index contributed by atoms with van der Waals surface area (Å²) in [7, 11) is 1.29. The number of carboxylic acid groups (broad SMARTS) is 1. The van der Waals surface area contributed by atoms with Crippen LogP contribution in [0.4, 0.5) is 4.79 Å². The minimum Gasteiger partial charge on any atom is -0.465 e. The molecule has 0 aromatic heterocycles. The molecule has 1 aromatic rings. The highest BCUT2D eigenvalue weighted by Gasteiger charge is 2.22. The van der Waals surface area contributed by atoms with Gasteiger partial charge in [0.25, 0.3) is 0 Å². The van der Waals surface area contributed by atoms with Crippen molar-refractivity contribution in [1.82, 2.24) is 0 Å². The van der Waals surface area contributed by atoms with Crippen LogP contribution in [0.3, 0.4) is 0 Å². The zero-order valence-corrected chi connectivity index (χ0v) is 11.1. The molecule has 0 fully saturated rings. The fraction of sp³-hybridized carbons (Fsp3) is 0.429. The molecule has 0 bridgehead atoms. The molecule has 0 saturated heterocycles. The Morgan fingerprint density at radius 3 is 2.58 bits per heavy atom. The van der Waals surface area contributed by atoms with Gasteiger partial charge in [-0.3, -0.25) is 0 Å². The van der Waals surface area contributed by atoms with E-state index in [0.29, 0.717) is 17.5 Å². The zero-order valence-electron chi connectivity index (χ0n) is 11.1. The van der Waals surface area contributed by atoms with Crippen LogP contribution in [-0.2, 0) is 9.47 Å². The predicted octanol–water partition coefficient (Wildman–Crippen LogP) is 3.40. The lowest BCUT2D eigenvalue weighted by molar-refractivity contribution is 0.0436. The highest BCUT2D eigenvalue weighted by Crippen LogP contribution is 2.27. The van der Waals surface area contributed by atoms with Crippen LogP contribution in [0.15, 0.2) is 24.3 Å². The lowest BCUT2D eigenvalue weighted by Crippen LogP contribution is -2.14. The van der Waals surface area contributed by atoms with E-state index in [9.17, 15) is 9.59 Å². The number of esters is 1. The molecule has 0 aliphatic carbocycles. The summed E-state index contributed by atoms with van der Waals surface area (Å²) in [4.78, 5) is 22.4. The molecule has 1 rings (SSSR count). The van der Waals surface area contributed by atoms with Crippen LogP contribution in [0.1, 0.15) is 48.2 Å². The number of carbonyl (C=O) groups is 2. The lowest BCUT2D eigenvalue weighted by Gasteiger charge is -2.18. The van der Waals surface area contributed by atoms with Crippen molar-refractivity contribution in [2.45, 2.75) is 32.3 Å². The summed E-state index contributed by atoms with van der Waals surface area (Å²) in [6.45, 7) is 2.00. The first-order valence-corrected chi connectivity index (χ1v) is 6.17. The molecule has 0 radical (unpaired) electrons. The summed E-state index contributed by atoms with van der Waals surface area (Å²) in [6.07, 6.45) is 0.276. The SMILES string of the molecule is CCCCC(OC(=O)O)c1ccccc1C(=O)OC. The molecule has 1 unspecified atom stereocenters. The minimum absolute atomic E-state index is 0.340. The van der Waals surface area contributed by atoms with Crippen molar-refractivity contribution >= 4 is 12.1 Å². The largest absolute Gasteiger partial charge is 0.506 e. The summed E-state index contributed by atoms with van der Waals surface area (Å²) in [6, 6.07) is 6.74. The van der Waals surface area contributed by atoms with Gasteiger partial charge in [-0.2, -0.15) is 0 Å². The van der Waals surface area contributed by atoms with E-state index in [-0.39, 0.29) is 0 Å². The Labute approximate surface area is 112 Å². The molecule has 1 N–H and O–H groups in total. The summed E-state index contributed by atoms with van der Waals surface area (Å²) in [5.74, 6) is -0.494.